The van der Waals surface area contributed by atoms with Gasteiger partial charge in [0.15, 0.2) is 0 Å². The van der Waals surface area contributed by atoms with Crippen LogP contribution in [0.5, 0.6) is 0 Å². The van der Waals surface area contributed by atoms with E-state index in [1.165, 1.54) is 22.5 Å². The Hall–Kier alpha value is -3.33. The normalized spacial score (nSPS) is 14.7. The zero-order valence-electron chi connectivity index (χ0n) is 15.1. The van der Waals surface area contributed by atoms with E-state index in [9.17, 15) is 0 Å². The summed E-state index contributed by atoms with van der Waals surface area (Å²) in [5, 5.41) is 0. The molecule has 2 aromatic carbocycles. The van der Waals surface area contributed by atoms with Crippen LogP contribution in [0.1, 0.15) is 11.3 Å². The molecule has 0 atom stereocenters. The average molecular weight is 351 g/mol. The van der Waals surface area contributed by atoms with Gasteiger partial charge in [-0.1, -0.05) is 60.7 Å². The summed E-state index contributed by atoms with van der Waals surface area (Å²) in [6.07, 6.45) is 7.60. The molecule has 132 valence electrons. The Morgan fingerprint density at radius 3 is 2.59 bits per heavy atom. The molecule has 1 aromatic heterocycles. The van der Waals surface area contributed by atoms with Crippen LogP contribution in [0, 0.1) is 0 Å². The average Bonchev–Trinajstić information content (AvgIpc) is 3.17. The van der Waals surface area contributed by atoms with Gasteiger partial charge in [-0.2, -0.15) is 0 Å². The van der Waals surface area contributed by atoms with Gasteiger partial charge in [0.05, 0.1) is 23.7 Å². The molecule has 0 aliphatic carbocycles. The molecule has 0 unspecified atom stereocenters. The van der Waals surface area contributed by atoms with Crippen molar-refractivity contribution in [3.05, 3.63) is 102 Å². The minimum Gasteiger partial charge on any atom is -0.357 e. The highest BCUT2D eigenvalue weighted by atomic mass is 15.4. The number of pyridine rings is 1. The van der Waals surface area contributed by atoms with Gasteiger partial charge in [-0.3, -0.25) is 4.98 Å². The Bertz CT molecular complexity index is 1020. The quantitative estimate of drug-likeness (QED) is 0.664. The standard InChI is InChI=1S/C24H21N3/c1-2-7-19(8-3-1)23-11-6-10-21(25-23)15-16-26-17-22-14-13-20-9-4-5-12-24(20)27(22)18-26/h1-14,17H,15-16,18H2. The Morgan fingerprint density at radius 1 is 0.815 bits per heavy atom. The third-order valence-corrected chi connectivity index (χ3v) is 5.14. The van der Waals surface area contributed by atoms with Gasteiger partial charge in [-0.15, -0.1) is 0 Å². The third kappa shape index (κ3) is 3.13. The number of rotatable bonds is 4. The van der Waals surface area contributed by atoms with Crippen molar-refractivity contribution in [2.24, 2.45) is 0 Å². The number of aromatic nitrogens is 1. The van der Waals surface area contributed by atoms with Gasteiger partial charge >= 0.3 is 0 Å². The van der Waals surface area contributed by atoms with E-state index < -0.39 is 0 Å². The van der Waals surface area contributed by atoms with Crippen LogP contribution >= 0.6 is 0 Å². The summed E-state index contributed by atoms with van der Waals surface area (Å²) in [5.41, 5.74) is 7.19. The molecule has 27 heavy (non-hydrogen) atoms. The number of para-hydroxylation sites is 1. The van der Waals surface area contributed by atoms with E-state index in [0.717, 1.165) is 31.0 Å². The van der Waals surface area contributed by atoms with E-state index >= 15 is 0 Å². The number of anilines is 1. The molecule has 2 aliphatic rings. The van der Waals surface area contributed by atoms with E-state index in [-0.39, 0.29) is 0 Å². The van der Waals surface area contributed by atoms with Crippen molar-refractivity contribution in [1.82, 2.24) is 9.88 Å². The highest BCUT2D eigenvalue weighted by Gasteiger charge is 2.24. The number of benzene rings is 2. The third-order valence-electron chi connectivity index (χ3n) is 5.14. The summed E-state index contributed by atoms with van der Waals surface area (Å²) < 4.78 is 0. The van der Waals surface area contributed by atoms with Crippen LogP contribution in [0.2, 0.25) is 0 Å². The van der Waals surface area contributed by atoms with Crippen LogP contribution in [0.3, 0.4) is 0 Å². The van der Waals surface area contributed by atoms with Gasteiger partial charge < -0.3 is 9.80 Å². The lowest BCUT2D eigenvalue weighted by Gasteiger charge is -2.27. The molecule has 3 aromatic rings. The fourth-order valence-corrected chi connectivity index (χ4v) is 3.74. The molecule has 2 aliphatic heterocycles. The predicted molar refractivity (Wildman–Crippen MR) is 111 cm³/mol. The minimum atomic E-state index is 0.898. The highest BCUT2D eigenvalue weighted by Crippen LogP contribution is 2.33. The molecule has 0 spiro atoms. The number of allylic oxidation sites excluding steroid dienone is 1. The van der Waals surface area contributed by atoms with Crippen molar-refractivity contribution < 1.29 is 0 Å². The molecule has 0 N–H and O–H groups in total. The molecule has 0 fully saturated rings. The van der Waals surface area contributed by atoms with Crippen molar-refractivity contribution in [2.45, 2.75) is 6.42 Å². The van der Waals surface area contributed by atoms with Gasteiger partial charge in [-0.25, -0.2) is 0 Å². The lowest BCUT2D eigenvalue weighted by Crippen LogP contribution is -2.29. The zero-order valence-corrected chi connectivity index (χ0v) is 15.1. The molecule has 0 radical (unpaired) electrons. The number of fused-ring (bicyclic) bond motifs is 3. The Labute approximate surface area is 159 Å². The van der Waals surface area contributed by atoms with E-state index in [4.69, 9.17) is 4.98 Å². The van der Waals surface area contributed by atoms with E-state index in [1.54, 1.807) is 0 Å². The second-order valence-corrected chi connectivity index (χ2v) is 6.96. The number of hydrogen-bond acceptors (Lipinski definition) is 3. The van der Waals surface area contributed by atoms with E-state index in [0.29, 0.717) is 0 Å². The smallest absolute Gasteiger partial charge is 0.0948 e. The minimum absolute atomic E-state index is 0.898. The fourth-order valence-electron chi connectivity index (χ4n) is 3.74. The SMILES string of the molecule is C1=Cc2ccccc2N2CN(CCc3cccc(-c4ccccc4)n3)C=C12. The lowest BCUT2D eigenvalue weighted by atomic mass is 10.1. The summed E-state index contributed by atoms with van der Waals surface area (Å²) in [7, 11) is 0. The van der Waals surface area contributed by atoms with Crippen LogP contribution < -0.4 is 4.90 Å². The second-order valence-electron chi connectivity index (χ2n) is 6.96. The molecular formula is C24H21N3. The molecular weight excluding hydrogens is 330 g/mol. The summed E-state index contributed by atoms with van der Waals surface area (Å²) in [5.74, 6) is 0. The second kappa shape index (κ2) is 6.76. The molecule has 0 saturated heterocycles. The van der Waals surface area contributed by atoms with Crippen molar-refractivity contribution in [2.75, 3.05) is 18.1 Å². The van der Waals surface area contributed by atoms with Crippen LogP contribution in [0.4, 0.5) is 5.69 Å². The first-order valence-electron chi connectivity index (χ1n) is 9.39. The first kappa shape index (κ1) is 15.9. The molecule has 3 nitrogen and oxygen atoms in total. The highest BCUT2D eigenvalue weighted by molar-refractivity contribution is 5.77. The van der Waals surface area contributed by atoms with Crippen LogP contribution in [0.15, 0.2) is 90.8 Å². The number of hydrogen-bond donors (Lipinski definition) is 0. The van der Waals surface area contributed by atoms with Crippen LogP contribution in [-0.2, 0) is 6.42 Å². The molecule has 0 saturated carbocycles. The molecule has 0 amide bonds. The maximum absolute atomic E-state index is 4.86. The van der Waals surface area contributed by atoms with Gasteiger partial charge in [0.2, 0.25) is 0 Å². The summed E-state index contributed by atoms with van der Waals surface area (Å²) >= 11 is 0. The Kier molecular flexibility index (Phi) is 3.98. The van der Waals surface area contributed by atoms with Crippen molar-refractivity contribution in [1.29, 1.82) is 0 Å². The monoisotopic (exact) mass is 351 g/mol. The van der Waals surface area contributed by atoms with Crippen molar-refractivity contribution >= 4 is 11.8 Å². The fraction of sp³-hybridized carbons (Fsp3) is 0.125. The van der Waals surface area contributed by atoms with Crippen molar-refractivity contribution in [3.8, 4) is 11.3 Å². The Balaban J connectivity index is 1.29. The largest absolute Gasteiger partial charge is 0.357 e. The van der Waals surface area contributed by atoms with Gasteiger partial charge in [-0.05, 0) is 29.8 Å². The molecule has 5 rings (SSSR count). The van der Waals surface area contributed by atoms with Crippen LogP contribution in [0.25, 0.3) is 17.3 Å². The van der Waals surface area contributed by atoms with Gasteiger partial charge in [0.1, 0.15) is 0 Å². The topological polar surface area (TPSA) is 19.4 Å². The Morgan fingerprint density at radius 2 is 1.67 bits per heavy atom. The zero-order chi connectivity index (χ0) is 18.1. The first-order chi connectivity index (χ1) is 13.4. The summed E-state index contributed by atoms with van der Waals surface area (Å²) in [6.45, 7) is 1.86. The first-order valence-corrected chi connectivity index (χ1v) is 9.39. The summed E-state index contributed by atoms with van der Waals surface area (Å²) in [4.78, 5) is 9.61. The van der Waals surface area contributed by atoms with Crippen molar-refractivity contribution in [3.63, 3.8) is 0 Å². The van der Waals surface area contributed by atoms with E-state index in [1.807, 2.05) is 6.07 Å². The van der Waals surface area contributed by atoms with Crippen LogP contribution in [-0.4, -0.2) is 23.1 Å². The maximum atomic E-state index is 4.86. The van der Waals surface area contributed by atoms with Gasteiger partial charge in [0.25, 0.3) is 0 Å². The molecule has 0 bridgehead atoms. The lowest BCUT2D eigenvalue weighted by molar-refractivity contribution is 0.409. The van der Waals surface area contributed by atoms with E-state index in [2.05, 4.69) is 94.9 Å². The summed E-state index contributed by atoms with van der Waals surface area (Å²) in [6, 6.07) is 25.3. The molecule has 3 heteroatoms. The maximum Gasteiger partial charge on any atom is 0.0948 e. The number of nitrogens with zero attached hydrogens (tertiary/aromatic N) is 3. The predicted octanol–water partition coefficient (Wildman–Crippen LogP) is 4.94. The van der Waals surface area contributed by atoms with Gasteiger partial charge in [0, 0.05) is 30.4 Å². The molecule has 3 heterocycles.